The van der Waals surface area contributed by atoms with E-state index in [1.165, 1.54) is 25.7 Å². The number of aliphatic carboxylic acids is 1. The summed E-state index contributed by atoms with van der Waals surface area (Å²) in [4.78, 5) is 32.0. The molecule has 0 saturated carbocycles. The van der Waals surface area contributed by atoms with Crippen molar-refractivity contribution in [1.29, 1.82) is 0 Å². The van der Waals surface area contributed by atoms with Crippen molar-refractivity contribution in [3.8, 4) is 0 Å². The lowest BCUT2D eigenvalue weighted by atomic mass is 10.0. The molecule has 0 unspecified atom stereocenters. The van der Waals surface area contributed by atoms with Gasteiger partial charge in [-0.1, -0.05) is 51.4 Å². The van der Waals surface area contributed by atoms with Gasteiger partial charge in [0.15, 0.2) is 0 Å². The van der Waals surface area contributed by atoms with E-state index in [0.717, 1.165) is 38.5 Å². The van der Waals surface area contributed by atoms with Crippen LogP contribution in [-0.2, 0) is 14.4 Å². The lowest BCUT2D eigenvalue weighted by Gasteiger charge is -2.03. The van der Waals surface area contributed by atoms with Gasteiger partial charge in [0, 0.05) is 12.8 Å². The first-order valence-corrected chi connectivity index (χ1v) is 8.29. The quantitative estimate of drug-likeness (QED) is 0.403. The number of rotatable bonds is 15. The molecule has 0 atom stereocenters. The standard InChI is InChI=1S/C16H30N2O4/c17-14(19)11-9-7-5-3-1-2-4-6-8-10-12-15(20)18-13-16(21)22/h1-13H2,(H2,17,19)(H,18,20)(H,21,22). The van der Waals surface area contributed by atoms with E-state index in [0.29, 0.717) is 12.8 Å². The van der Waals surface area contributed by atoms with E-state index >= 15 is 0 Å². The number of nitrogens with two attached hydrogens (primary N) is 1. The fourth-order valence-corrected chi connectivity index (χ4v) is 2.26. The second-order valence-electron chi connectivity index (χ2n) is 5.67. The number of hydrogen-bond acceptors (Lipinski definition) is 3. The van der Waals surface area contributed by atoms with E-state index in [1.54, 1.807) is 0 Å². The highest BCUT2D eigenvalue weighted by Gasteiger charge is 2.03. The minimum Gasteiger partial charge on any atom is -0.480 e. The van der Waals surface area contributed by atoms with E-state index in [1.807, 2.05) is 0 Å². The van der Waals surface area contributed by atoms with E-state index in [-0.39, 0.29) is 18.4 Å². The molecule has 0 spiro atoms. The van der Waals surface area contributed by atoms with Crippen LogP contribution in [0.15, 0.2) is 0 Å². The minimum absolute atomic E-state index is 0.182. The molecule has 2 amide bonds. The first-order chi connectivity index (χ1) is 10.5. The number of carbonyl (C=O) groups is 3. The topological polar surface area (TPSA) is 109 Å². The van der Waals surface area contributed by atoms with E-state index in [4.69, 9.17) is 10.8 Å². The number of unbranched alkanes of at least 4 members (excludes halogenated alkanes) is 9. The maximum atomic E-state index is 11.2. The van der Waals surface area contributed by atoms with Crippen molar-refractivity contribution in [2.45, 2.75) is 77.0 Å². The Kier molecular flexibility index (Phi) is 13.3. The molecule has 0 radical (unpaired) electrons. The summed E-state index contributed by atoms with van der Waals surface area (Å²) in [7, 11) is 0. The summed E-state index contributed by atoms with van der Waals surface area (Å²) < 4.78 is 0. The Morgan fingerprint density at radius 1 is 0.727 bits per heavy atom. The zero-order valence-electron chi connectivity index (χ0n) is 13.4. The first kappa shape index (κ1) is 20.4. The molecule has 4 N–H and O–H groups in total. The number of amides is 2. The van der Waals surface area contributed by atoms with Crippen LogP contribution in [0.4, 0.5) is 0 Å². The molecule has 6 nitrogen and oxygen atoms in total. The SMILES string of the molecule is NC(=O)CCCCCCCCCCCCC(=O)NCC(=O)O. The fourth-order valence-electron chi connectivity index (χ4n) is 2.26. The largest absolute Gasteiger partial charge is 0.480 e. The molecule has 128 valence electrons. The molecule has 0 fully saturated rings. The molecule has 0 aromatic heterocycles. The van der Waals surface area contributed by atoms with Gasteiger partial charge < -0.3 is 16.2 Å². The highest BCUT2D eigenvalue weighted by Crippen LogP contribution is 2.11. The minimum atomic E-state index is -1.01. The van der Waals surface area contributed by atoms with Gasteiger partial charge in [-0.05, 0) is 12.8 Å². The van der Waals surface area contributed by atoms with Gasteiger partial charge in [0.1, 0.15) is 6.54 Å². The number of carboxylic acid groups (broad SMARTS) is 1. The Bertz CT molecular complexity index is 332. The van der Waals surface area contributed by atoms with Crippen LogP contribution in [0, 0.1) is 0 Å². The van der Waals surface area contributed by atoms with Crippen LogP contribution in [0.25, 0.3) is 0 Å². The Labute approximate surface area is 132 Å². The summed E-state index contributed by atoms with van der Waals surface area (Å²) in [5, 5.41) is 10.8. The van der Waals surface area contributed by atoms with Gasteiger partial charge in [0.2, 0.25) is 11.8 Å². The molecule has 0 aliphatic heterocycles. The highest BCUT2D eigenvalue weighted by atomic mass is 16.4. The zero-order chi connectivity index (χ0) is 16.6. The van der Waals surface area contributed by atoms with Crippen molar-refractivity contribution in [3.05, 3.63) is 0 Å². The molecule has 0 heterocycles. The van der Waals surface area contributed by atoms with Gasteiger partial charge in [0.25, 0.3) is 0 Å². The van der Waals surface area contributed by atoms with E-state index < -0.39 is 5.97 Å². The number of primary amides is 1. The molecule has 0 bridgehead atoms. The van der Waals surface area contributed by atoms with Crippen LogP contribution >= 0.6 is 0 Å². The molecular formula is C16H30N2O4. The second kappa shape index (κ2) is 14.4. The number of nitrogens with one attached hydrogen (secondary N) is 1. The summed E-state index contributed by atoms with van der Waals surface area (Å²) >= 11 is 0. The predicted octanol–water partition coefficient (Wildman–Crippen LogP) is 2.35. The fraction of sp³-hybridized carbons (Fsp3) is 0.812. The molecule has 6 heteroatoms. The molecule has 0 aliphatic carbocycles. The average Bonchev–Trinajstić information content (AvgIpc) is 2.45. The predicted molar refractivity (Wildman–Crippen MR) is 85.2 cm³/mol. The van der Waals surface area contributed by atoms with Crippen LogP contribution in [0.5, 0.6) is 0 Å². The molecular weight excluding hydrogens is 284 g/mol. The monoisotopic (exact) mass is 314 g/mol. The van der Waals surface area contributed by atoms with Gasteiger partial charge in [0.05, 0.1) is 0 Å². The summed E-state index contributed by atoms with van der Waals surface area (Å²) in [6, 6.07) is 0. The van der Waals surface area contributed by atoms with Crippen molar-refractivity contribution in [1.82, 2.24) is 5.32 Å². The van der Waals surface area contributed by atoms with Crippen LogP contribution in [0.2, 0.25) is 0 Å². The Morgan fingerprint density at radius 3 is 1.55 bits per heavy atom. The maximum Gasteiger partial charge on any atom is 0.322 e. The number of carboxylic acids is 1. The van der Waals surface area contributed by atoms with Crippen molar-refractivity contribution in [3.63, 3.8) is 0 Å². The number of hydrogen-bond donors (Lipinski definition) is 3. The second-order valence-corrected chi connectivity index (χ2v) is 5.67. The number of carbonyl (C=O) groups excluding carboxylic acids is 2. The normalized spacial score (nSPS) is 10.4. The molecule has 0 aromatic rings. The van der Waals surface area contributed by atoms with Gasteiger partial charge in [-0.3, -0.25) is 14.4 Å². The van der Waals surface area contributed by atoms with Gasteiger partial charge >= 0.3 is 5.97 Å². The average molecular weight is 314 g/mol. The summed E-state index contributed by atoms with van der Waals surface area (Å²) in [5.41, 5.74) is 5.07. The highest BCUT2D eigenvalue weighted by molar-refractivity contribution is 5.80. The third kappa shape index (κ3) is 16.5. The van der Waals surface area contributed by atoms with Gasteiger partial charge in [-0.25, -0.2) is 0 Å². The molecule has 22 heavy (non-hydrogen) atoms. The van der Waals surface area contributed by atoms with Crippen LogP contribution in [-0.4, -0.2) is 29.4 Å². The molecule has 0 aromatic carbocycles. The first-order valence-electron chi connectivity index (χ1n) is 8.29. The zero-order valence-corrected chi connectivity index (χ0v) is 13.4. The van der Waals surface area contributed by atoms with E-state index in [2.05, 4.69) is 5.32 Å². The molecule has 0 saturated heterocycles. The summed E-state index contributed by atoms with van der Waals surface area (Å²) in [6.07, 6.45) is 11.8. The molecule has 0 aliphatic rings. The maximum absolute atomic E-state index is 11.2. The Hall–Kier alpha value is -1.59. The lowest BCUT2D eigenvalue weighted by molar-refractivity contribution is -0.138. The third-order valence-electron chi connectivity index (χ3n) is 3.51. The van der Waals surface area contributed by atoms with Crippen LogP contribution in [0.1, 0.15) is 77.0 Å². The van der Waals surface area contributed by atoms with E-state index in [9.17, 15) is 14.4 Å². The van der Waals surface area contributed by atoms with Gasteiger partial charge in [-0.15, -0.1) is 0 Å². The molecule has 0 rings (SSSR count). The summed E-state index contributed by atoms with van der Waals surface area (Å²) in [5.74, 6) is -1.40. The smallest absolute Gasteiger partial charge is 0.322 e. The van der Waals surface area contributed by atoms with Crippen molar-refractivity contribution < 1.29 is 19.5 Å². The lowest BCUT2D eigenvalue weighted by Crippen LogP contribution is -2.28. The van der Waals surface area contributed by atoms with Gasteiger partial charge in [-0.2, -0.15) is 0 Å². The Balaban J connectivity index is 3.15. The third-order valence-corrected chi connectivity index (χ3v) is 3.51. The van der Waals surface area contributed by atoms with Crippen LogP contribution in [0.3, 0.4) is 0 Å². The van der Waals surface area contributed by atoms with Crippen molar-refractivity contribution in [2.75, 3.05) is 6.54 Å². The van der Waals surface area contributed by atoms with Crippen molar-refractivity contribution >= 4 is 17.8 Å². The van der Waals surface area contributed by atoms with Crippen molar-refractivity contribution in [2.24, 2.45) is 5.73 Å². The Morgan fingerprint density at radius 2 is 1.14 bits per heavy atom. The van der Waals surface area contributed by atoms with Crippen LogP contribution < -0.4 is 11.1 Å². The summed E-state index contributed by atoms with van der Waals surface area (Å²) in [6.45, 7) is -0.293.